The van der Waals surface area contributed by atoms with Crippen LogP contribution in [0, 0.1) is 10.1 Å². The van der Waals surface area contributed by atoms with Crippen LogP contribution in [0.15, 0.2) is 63.8 Å². The van der Waals surface area contributed by atoms with E-state index in [-0.39, 0.29) is 29.4 Å². The van der Waals surface area contributed by atoms with Crippen LogP contribution in [-0.2, 0) is 0 Å². The molecule has 1 N–H and O–H groups in total. The Morgan fingerprint density at radius 3 is 2.73 bits per heavy atom. The Morgan fingerprint density at radius 1 is 1.19 bits per heavy atom. The zero-order valence-electron chi connectivity index (χ0n) is 13.4. The Bertz CT molecular complexity index is 942. The van der Waals surface area contributed by atoms with Gasteiger partial charge in [-0.05, 0) is 18.2 Å². The van der Waals surface area contributed by atoms with Gasteiger partial charge in [-0.2, -0.15) is 5.11 Å². The smallest absolute Gasteiger partial charge is 0.269 e. The van der Waals surface area contributed by atoms with Crippen LogP contribution in [-0.4, -0.2) is 27.8 Å². The van der Waals surface area contributed by atoms with E-state index in [2.05, 4.69) is 20.5 Å². The highest BCUT2D eigenvalue weighted by Gasteiger charge is 2.34. The fraction of sp³-hybridized carbons (Fsp3) is 0.176. The zero-order chi connectivity index (χ0) is 18.1. The molecule has 9 heteroatoms. The third-order valence-electron chi connectivity index (χ3n) is 4.13. The molecule has 2 aliphatic heterocycles. The van der Waals surface area contributed by atoms with Crippen molar-refractivity contribution in [3.05, 3.63) is 69.8 Å². The third kappa shape index (κ3) is 3.08. The van der Waals surface area contributed by atoms with Crippen LogP contribution < -0.4 is 5.32 Å². The van der Waals surface area contributed by atoms with Crippen LogP contribution >= 0.6 is 11.8 Å². The highest BCUT2D eigenvalue weighted by atomic mass is 32.2. The maximum atomic E-state index is 12.2. The van der Waals surface area contributed by atoms with E-state index in [4.69, 9.17) is 0 Å². The number of thioether (sulfide) groups is 1. The van der Waals surface area contributed by atoms with Crippen molar-refractivity contribution in [2.45, 2.75) is 12.2 Å². The number of azo groups is 1. The minimum atomic E-state index is -0.497. The second-order valence-corrected chi connectivity index (χ2v) is 6.71. The van der Waals surface area contributed by atoms with Gasteiger partial charge in [0.15, 0.2) is 11.9 Å². The number of para-hydroxylation sites is 1. The average molecular weight is 367 g/mol. The lowest BCUT2D eigenvalue weighted by Crippen LogP contribution is -2.21. The molecule has 0 radical (unpaired) electrons. The predicted molar refractivity (Wildman–Crippen MR) is 98.8 cm³/mol. The van der Waals surface area contributed by atoms with Crippen molar-refractivity contribution >= 4 is 34.1 Å². The predicted octanol–water partition coefficient (Wildman–Crippen LogP) is 3.83. The summed E-state index contributed by atoms with van der Waals surface area (Å²) in [6, 6.07) is 13.3. The second kappa shape index (κ2) is 6.68. The fourth-order valence-electron chi connectivity index (χ4n) is 2.83. The minimum Gasteiger partial charge on any atom is -0.361 e. The first kappa shape index (κ1) is 16.4. The average Bonchev–Trinajstić information content (AvgIpc) is 3.04. The van der Waals surface area contributed by atoms with E-state index >= 15 is 0 Å². The molecule has 0 spiro atoms. The molecule has 0 unspecified atom stereocenters. The van der Waals surface area contributed by atoms with E-state index in [0.29, 0.717) is 10.7 Å². The molecule has 0 aliphatic carbocycles. The van der Waals surface area contributed by atoms with E-state index in [1.165, 1.54) is 36.0 Å². The van der Waals surface area contributed by atoms with Crippen LogP contribution in [0.25, 0.3) is 0 Å². The number of hydrogen-bond acceptors (Lipinski definition) is 8. The van der Waals surface area contributed by atoms with Crippen molar-refractivity contribution < 1.29 is 9.72 Å². The van der Waals surface area contributed by atoms with Gasteiger partial charge in [-0.25, -0.2) is 4.99 Å². The Hall–Kier alpha value is -3.07. The number of carbonyl (C=O) groups excluding carboxylic acids is 1. The number of aliphatic imine (C=N–C) groups is 1. The summed E-state index contributed by atoms with van der Waals surface area (Å²) in [6.07, 6.45) is -0.207. The first-order valence-electron chi connectivity index (χ1n) is 7.86. The number of hydrogen-bond donors (Lipinski definition) is 1. The number of fused-ring (bicyclic) bond motifs is 3. The van der Waals surface area contributed by atoms with Gasteiger partial charge < -0.3 is 5.32 Å². The SMILES string of the molecule is O=C(CSC1=N[C@H]2Nc3ccccc3[C@H]2N=N1)c1ccc([N+](=O)[O-])cc1. The van der Waals surface area contributed by atoms with E-state index in [1.54, 1.807) is 0 Å². The number of nitrogens with one attached hydrogen (secondary N) is 1. The number of nitrogens with zero attached hydrogens (tertiary/aromatic N) is 4. The van der Waals surface area contributed by atoms with Gasteiger partial charge in [-0.1, -0.05) is 30.0 Å². The number of non-ortho nitro benzene ring substituents is 1. The molecule has 2 aliphatic rings. The molecular weight excluding hydrogens is 354 g/mol. The van der Waals surface area contributed by atoms with Crippen molar-refractivity contribution in [2.75, 3.05) is 11.1 Å². The van der Waals surface area contributed by atoms with Crippen molar-refractivity contribution in [3.63, 3.8) is 0 Å². The van der Waals surface area contributed by atoms with Gasteiger partial charge in [0.25, 0.3) is 5.69 Å². The number of rotatable bonds is 4. The summed E-state index contributed by atoms with van der Waals surface area (Å²) in [5.41, 5.74) is 2.44. The zero-order valence-corrected chi connectivity index (χ0v) is 14.2. The molecule has 0 saturated heterocycles. The largest absolute Gasteiger partial charge is 0.361 e. The highest BCUT2D eigenvalue weighted by molar-refractivity contribution is 8.14. The molecule has 26 heavy (non-hydrogen) atoms. The monoisotopic (exact) mass is 367 g/mol. The fourth-order valence-corrected chi connectivity index (χ4v) is 3.55. The Balaban J connectivity index is 1.39. The van der Waals surface area contributed by atoms with Crippen LogP contribution in [0.4, 0.5) is 11.4 Å². The standard InChI is InChI=1S/C17H13N5O3S/c23-14(10-5-7-11(8-6-10)22(24)25)9-26-17-19-16-15(20-21-17)12-3-1-2-4-13(12)18-16/h1-8,15-16,18H,9H2/t15-,16-/m1/s1. The summed E-state index contributed by atoms with van der Waals surface area (Å²) in [6.45, 7) is 0. The number of anilines is 1. The minimum absolute atomic E-state index is 0.0439. The summed E-state index contributed by atoms with van der Waals surface area (Å²) >= 11 is 1.20. The van der Waals surface area contributed by atoms with Crippen LogP contribution in [0.1, 0.15) is 22.0 Å². The van der Waals surface area contributed by atoms with Gasteiger partial charge in [0.2, 0.25) is 5.17 Å². The lowest BCUT2D eigenvalue weighted by Gasteiger charge is -2.16. The molecule has 0 bridgehead atoms. The van der Waals surface area contributed by atoms with Crippen LogP contribution in [0.5, 0.6) is 0 Å². The molecule has 8 nitrogen and oxygen atoms in total. The van der Waals surface area contributed by atoms with E-state index in [9.17, 15) is 14.9 Å². The topological polar surface area (TPSA) is 109 Å². The normalized spacial score (nSPS) is 19.9. The second-order valence-electron chi connectivity index (χ2n) is 5.76. The van der Waals surface area contributed by atoms with Gasteiger partial charge in [0.1, 0.15) is 6.04 Å². The number of amidine groups is 1. The summed E-state index contributed by atoms with van der Waals surface area (Å²) < 4.78 is 0. The van der Waals surface area contributed by atoms with Crippen molar-refractivity contribution in [3.8, 4) is 0 Å². The third-order valence-corrected chi connectivity index (χ3v) is 4.98. The highest BCUT2D eigenvalue weighted by Crippen LogP contribution is 2.39. The summed E-state index contributed by atoms with van der Waals surface area (Å²) in [4.78, 5) is 26.9. The first-order valence-corrected chi connectivity index (χ1v) is 8.85. The van der Waals surface area contributed by atoms with Gasteiger partial charge in [0.05, 0.1) is 10.7 Å². The van der Waals surface area contributed by atoms with Gasteiger partial charge in [-0.3, -0.25) is 14.9 Å². The van der Waals surface area contributed by atoms with E-state index < -0.39 is 4.92 Å². The molecular formula is C17H13N5O3S. The lowest BCUT2D eigenvalue weighted by atomic mass is 10.1. The number of ketones is 1. The molecule has 0 saturated carbocycles. The number of benzene rings is 2. The first-order chi connectivity index (χ1) is 12.6. The summed E-state index contributed by atoms with van der Waals surface area (Å²) in [5, 5.41) is 22.9. The van der Waals surface area contributed by atoms with E-state index in [0.717, 1.165) is 11.3 Å². The van der Waals surface area contributed by atoms with Crippen molar-refractivity contribution in [1.29, 1.82) is 0 Å². The Morgan fingerprint density at radius 2 is 1.96 bits per heavy atom. The molecule has 4 rings (SSSR count). The quantitative estimate of drug-likeness (QED) is 0.502. The number of nitro groups is 1. The summed E-state index contributed by atoms with van der Waals surface area (Å²) in [5.74, 6) is -0.00686. The molecule has 0 aromatic heterocycles. The van der Waals surface area contributed by atoms with Crippen molar-refractivity contribution in [2.24, 2.45) is 15.2 Å². The molecule has 2 heterocycles. The molecule has 2 aromatic carbocycles. The molecule has 130 valence electrons. The maximum Gasteiger partial charge on any atom is 0.269 e. The molecule has 0 amide bonds. The van der Waals surface area contributed by atoms with E-state index in [1.807, 2.05) is 24.3 Å². The number of nitro benzene ring substituents is 1. The number of carbonyl (C=O) groups is 1. The number of Topliss-reactive ketones (excluding diaryl/α,β-unsaturated/α-hetero) is 1. The van der Waals surface area contributed by atoms with Crippen LogP contribution in [0.3, 0.4) is 0 Å². The Kier molecular flexibility index (Phi) is 4.21. The van der Waals surface area contributed by atoms with Crippen molar-refractivity contribution in [1.82, 2.24) is 0 Å². The summed E-state index contributed by atoms with van der Waals surface area (Å²) in [7, 11) is 0. The molecule has 0 fully saturated rings. The Labute approximate surface area is 152 Å². The van der Waals surface area contributed by atoms with Gasteiger partial charge in [0, 0.05) is 28.9 Å². The molecule has 2 aromatic rings. The lowest BCUT2D eigenvalue weighted by molar-refractivity contribution is -0.384. The molecule has 2 atom stereocenters. The van der Waals surface area contributed by atoms with Crippen LogP contribution in [0.2, 0.25) is 0 Å². The van der Waals surface area contributed by atoms with Gasteiger partial charge in [-0.15, -0.1) is 5.11 Å². The maximum absolute atomic E-state index is 12.2. The van der Waals surface area contributed by atoms with Gasteiger partial charge >= 0.3 is 0 Å².